The molecule has 0 aliphatic heterocycles. The van der Waals surface area contributed by atoms with Crippen molar-refractivity contribution in [2.24, 2.45) is 0 Å². The number of rotatable bonds is 6. The van der Waals surface area contributed by atoms with E-state index in [1.165, 1.54) is 0 Å². The van der Waals surface area contributed by atoms with Gasteiger partial charge in [0.05, 0.1) is 10.7 Å². The SMILES string of the molecule is O=C(CCc1ccc(Cl)cc1)Oc1ccc(C(=O)Nc2cc(Cl)ccc2Cl)cc1. The number of carbonyl (C=O) groups is 2. The molecule has 0 spiro atoms. The fourth-order valence-corrected chi connectivity index (χ4v) is 3.00. The Morgan fingerprint density at radius 2 is 1.48 bits per heavy atom. The molecule has 0 radical (unpaired) electrons. The van der Waals surface area contributed by atoms with Crippen LogP contribution in [0.5, 0.6) is 5.75 Å². The van der Waals surface area contributed by atoms with Crippen molar-refractivity contribution in [3.63, 3.8) is 0 Å². The highest BCUT2D eigenvalue weighted by atomic mass is 35.5. The molecule has 0 fully saturated rings. The Hall–Kier alpha value is -2.53. The number of hydrogen-bond acceptors (Lipinski definition) is 3. The number of esters is 1. The standard InChI is InChI=1S/C22H16Cl3NO3/c23-16-6-1-14(2-7-16)3-12-21(27)29-18-9-4-15(5-10-18)22(28)26-20-13-17(24)8-11-19(20)25/h1-2,4-11,13H,3,12H2,(H,26,28). The first-order valence-electron chi connectivity index (χ1n) is 8.72. The third kappa shape index (κ3) is 6.23. The molecule has 1 amide bonds. The van der Waals surface area contributed by atoms with E-state index in [4.69, 9.17) is 39.5 Å². The molecule has 148 valence electrons. The van der Waals surface area contributed by atoms with Crippen molar-refractivity contribution in [1.29, 1.82) is 0 Å². The quantitative estimate of drug-likeness (QED) is 0.349. The van der Waals surface area contributed by atoms with E-state index in [1.54, 1.807) is 54.6 Å². The van der Waals surface area contributed by atoms with Crippen LogP contribution in [0, 0.1) is 0 Å². The lowest BCUT2D eigenvalue weighted by Gasteiger charge is -2.09. The van der Waals surface area contributed by atoms with Gasteiger partial charge in [0.25, 0.3) is 5.91 Å². The second-order valence-electron chi connectivity index (χ2n) is 6.20. The van der Waals surface area contributed by atoms with Gasteiger partial charge in [-0.25, -0.2) is 0 Å². The highest BCUT2D eigenvalue weighted by Gasteiger charge is 2.11. The van der Waals surface area contributed by atoms with E-state index in [2.05, 4.69) is 5.32 Å². The van der Waals surface area contributed by atoms with Crippen molar-refractivity contribution >= 4 is 52.4 Å². The fourth-order valence-electron chi connectivity index (χ4n) is 2.54. The Balaban J connectivity index is 1.55. The molecular formula is C22H16Cl3NO3. The zero-order valence-corrected chi connectivity index (χ0v) is 17.4. The molecule has 0 bridgehead atoms. The minimum Gasteiger partial charge on any atom is -0.427 e. The van der Waals surface area contributed by atoms with E-state index in [0.717, 1.165) is 5.56 Å². The average molecular weight is 449 g/mol. The number of amides is 1. The molecule has 0 aliphatic carbocycles. The number of nitrogens with one attached hydrogen (secondary N) is 1. The summed E-state index contributed by atoms with van der Waals surface area (Å²) in [5, 5.41) is 4.20. The minimum atomic E-state index is -0.358. The van der Waals surface area contributed by atoms with Gasteiger partial charge in [-0.2, -0.15) is 0 Å². The summed E-state index contributed by atoms with van der Waals surface area (Å²) >= 11 is 17.8. The smallest absolute Gasteiger partial charge is 0.311 e. The van der Waals surface area contributed by atoms with Crippen molar-refractivity contribution in [2.75, 3.05) is 5.32 Å². The lowest BCUT2D eigenvalue weighted by atomic mass is 10.1. The van der Waals surface area contributed by atoms with Crippen LogP contribution < -0.4 is 10.1 Å². The largest absolute Gasteiger partial charge is 0.427 e. The van der Waals surface area contributed by atoms with E-state index in [0.29, 0.717) is 38.5 Å². The summed E-state index contributed by atoms with van der Waals surface area (Å²) in [5.74, 6) is -0.346. The van der Waals surface area contributed by atoms with Crippen molar-refractivity contribution in [3.05, 3.63) is 92.9 Å². The van der Waals surface area contributed by atoms with E-state index in [-0.39, 0.29) is 18.3 Å². The van der Waals surface area contributed by atoms with Gasteiger partial charge in [0, 0.05) is 22.0 Å². The monoisotopic (exact) mass is 447 g/mol. The van der Waals surface area contributed by atoms with Gasteiger partial charge >= 0.3 is 5.97 Å². The molecule has 1 N–H and O–H groups in total. The number of ether oxygens (including phenoxy) is 1. The van der Waals surface area contributed by atoms with Gasteiger partial charge in [0.1, 0.15) is 5.75 Å². The number of aryl methyl sites for hydroxylation is 1. The van der Waals surface area contributed by atoms with Crippen molar-refractivity contribution < 1.29 is 14.3 Å². The molecule has 4 nitrogen and oxygen atoms in total. The number of benzene rings is 3. The number of halogens is 3. The highest BCUT2D eigenvalue weighted by molar-refractivity contribution is 6.35. The second kappa shape index (κ2) is 9.79. The Bertz CT molecular complexity index is 1020. The van der Waals surface area contributed by atoms with Crippen LogP contribution in [0.3, 0.4) is 0 Å². The summed E-state index contributed by atoms with van der Waals surface area (Å²) in [6, 6.07) is 18.4. The van der Waals surface area contributed by atoms with Crippen molar-refractivity contribution in [1.82, 2.24) is 0 Å². The Morgan fingerprint density at radius 1 is 0.828 bits per heavy atom. The highest BCUT2D eigenvalue weighted by Crippen LogP contribution is 2.26. The Kier molecular flexibility index (Phi) is 7.15. The fraction of sp³-hybridized carbons (Fsp3) is 0.0909. The molecule has 7 heteroatoms. The molecule has 3 rings (SSSR count). The third-order valence-corrected chi connectivity index (χ3v) is 4.87. The minimum absolute atomic E-state index is 0.233. The lowest BCUT2D eigenvalue weighted by molar-refractivity contribution is -0.134. The van der Waals surface area contributed by atoms with E-state index in [9.17, 15) is 9.59 Å². The predicted octanol–water partition coefficient (Wildman–Crippen LogP) is 6.44. The summed E-state index contributed by atoms with van der Waals surface area (Å²) in [6.45, 7) is 0. The van der Waals surface area contributed by atoms with Crippen LogP contribution in [0.2, 0.25) is 15.1 Å². The Labute approximate surface area is 183 Å². The number of carbonyl (C=O) groups excluding carboxylic acids is 2. The summed E-state index contributed by atoms with van der Waals surface area (Å²) in [4.78, 5) is 24.4. The van der Waals surface area contributed by atoms with Crippen molar-refractivity contribution in [3.8, 4) is 5.75 Å². The molecule has 0 atom stereocenters. The van der Waals surface area contributed by atoms with Gasteiger partial charge in [0.2, 0.25) is 0 Å². The number of anilines is 1. The van der Waals surface area contributed by atoms with Gasteiger partial charge < -0.3 is 10.1 Å². The molecule has 0 aromatic heterocycles. The summed E-state index contributed by atoms with van der Waals surface area (Å²) < 4.78 is 5.31. The maximum atomic E-state index is 12.4. The van der Waals surface area contributed by atoms with E-state index >= 15 is 0 Å². The predicted molar refractivity (Wildman–Crippen MR) is 116 cm³/mol. The maximum absolute atomic E-state index is 12.4. The molecule has 0 heterocycles. The average Bonchev–Trinajstić information content (AvgIpc) is 2.71. The van der Waals surface area contributed by atoms with Crippen LogP contribution in [-0.2, 0) is 11.2 Å². The van der Waals surface area contributed by atoms with E-state index in [1.807, 2.05) is 12.1 Å². The summed E-state index contributed by atoms with van der Waals surface area (Å²) in [7, 11) is 0. The van der Waals surface area contributed by atoms with Gasteiger partial charge in [0.15, 0.2) is 0 Å². The number of hydrogen-bond donors (Lipinski definition) is 1. The van der Waals surface area contributed by atoms with Gasteiger partial charge in [-0.3, -0.25) is 9.59 Å². The van der Waals surface area contributed by atoms with Gasteiger partial charge in [-0.1, -0.05) is 46.9 Å². The molecule has 0 unspecified atom stereocenters. The molecule has 0 saturated carbocycles. The van der Waals surface area contributed by atoms with Crippen LogP contribution in [0.4, 0.5) is 5.69 Å². The summed E-state index contributed by atoms with van der Waals surface area (Å²) in [6.07, 6.45) is 0.786. The molecule has 29 heavy (non-hydrogen) atoms. The molecule has 0 saturated heterocycles. The Morgan fingerprint density at radius 3 is 2.17 bits per heavy atom. The molecular weight excluding hydrogens is 433 g/mol. The van der Waals surface area contributed by atoms with Gasteiger partial charge in [-0.05, 0) is 66.6 Å². The molecule has 0 aliphatic rings. The molecule has 3 aromatic rings. The first-order valence-corrected chi connectivity index (χ1v) is 9.86. The lowest BCUT2D eigenvalue weighted by Crippen LogP contribution is -2.13. The van der Waals surface area contributed by atoms with Crippen LogP contribution in [0.15, 0.2) is 66.7 Å². The second-order valence-corrected chi connectivity index (χ2v) is 7.48. The normalized spacial score (nSPS) is 10.4. The zero-order chi connectivity index (χ0) is 20.8. The first kappa shape index (κ1) is 21.2. The first-order chi connectivity index (χ1) is 13.9. The third-order valence-electron chi connectivity index (χ3n) is 4.06. The van der Waals surface area contributed by atoms with Crippen LogP contribution >= 0.6 is 34.8 Å². The topological polar surface area (TPSA) is 55.4 Å². The maximum Gasteiger partial charge on any atom is 0.311 e. The van der Waals surface area contributed by atoms with Crippen LogP contribution in [0.25, 0.3) is 0 Å². The zero-order valence-electron chi connectivity index (χ0n) is 15.1. The van der Waals surface area contributed by atoms with Gasteiger partial charge in [-0.15, -0.1) is 0 Å². The van der Waals surface area contributed by atoms with Crippen LogP contribution in [-0.4, -0.2) is 11.9 Å². The van der Waals surface area contributed by atoms with Crippen LogP contribution in [0.1, 0.15) is 22.3 Å². The van der Waals surface area contributed by atoms with E-state index < -0.39 is 0 Å². The van der Waals surface area contributed by atoms with Crippen molar-refractivity contribution in [2.45, 2.75) is 12.8 Å². The molecule has 3 aromatic carbocycles. The summed E-state index contributed by atoms with van der Waals surface area (Å²) in [5.41, 5.74) is 1.81.